The molecular formula is C26H48N6O9. The van der Waals surface area contributed by atoms with Gasteiger partial charge >= 0.3 is 0 Å². The number of aliphatic hydroxyl groups is 4. The van der Waals surface area contributed by atoms with E-state index in [4.69, 9.17) is 47.6 Å². The number of hydrogen-bond acceptors (Lipinski definition) is 15. The summed E-state index contributed by atoms with van der Waals surface area (Å²) < 4.78 is 23.8. The number of rotatable bonds is 10. The molecule has 15 nitrogen and oxygen atoms in total. The highest BCUT2D eigenvalue weighted by molar-refractivity contribution is 5.93. The molecule has 0 amide bonds. The number of Topliss-reactive ketones (excluding diaryl/α,β-unsaturated/α-hetero) is 1. The Morgan fingerprint density at radius 1 is 1.17 bits per heavy atom. The van der Waals surface area contributed by atoms with Crippen molar-refractivity contribution in [3.63, 3.8) is 0 Å². The number of nitrogens with one attached hydrogen (secondary N) is 1. The Labute approximate surface area is 239 Å². The minimum absolute atomic E-state index is 0.0719. The summed E-state index contributed by atoms with van der Waals surface area (Å²) in [5, 5.41) is 46.3. The van der Waals surface area contributed by atoms with E-state index in [0.717, 1.165) is 12.8 Å². The predicted molar refractivity (Wildman–Crippen MR) is 145 cm³/mol. The first kappa shape index (κ1) is 32.6. The number of carbonyl (C=O) groups is 1. The fraction of sp³-hybridized carbons (Fsp3) is 0.885. The summed E-state index contributed by atoms with van der Waals surface area (Å²) in [6.45, 7) is 2.88. The van der Waals surface area contributed by atoms with Gasteiger partial charge in [0.15, 0.2) is 12.1 Å². The van der Waals surface area contributed by atoms with Crippen LogP contribution in [0.25, 0.3) is 0 Å². The van der Waals surface area contributed by atoms with Gasteiger partial charge in [0, 0.05) is 12.6 Å². The van der Waals surface area contributed by atoms with Crippen LogP contribution in [0, 0.1) is 5.41 Å². The Kier molecular flexibility index (Phi) is 9.54. The van der Waals surface area contributed by atoms with Crippen molar-refractivity contribution in [2.45, 2.75) is 118 Å². The molecule has 0 aromatic heterocycles. The molecule has 2 saturated carbocycles. The lowest BCUT2D eigenvalue weighted by Gasteiger charge is -2.52. The van der Waals surface area contributed by atoms with Crippen molar-refractivity contribution < 1.29 is 44.2 Å². The van der Waals surface area contributed by atoms with Gasteiger partial charge in [-0.25, -0.2) is 0 Å². The summed E-state index contributed by atoms with van der Waals surface area (Å²) in [5.41, 5.74) is 27.7. The fourth-order valence-corrected chi connectivity index (χ4v) is 6.07. The lowest BCUT2D eigenvalue weighted by atomic mass is 9.70. The molecule has 1 unspecified atom stereocenters. The van der Waals surface area contributed by atoms with E-state index in [1.807, 2.05) is 6.08 Å². The molecule has 4 aliphatic rings. The smallest absolute Gasteiger partial charge is 0.215 e. The highest BCUT2D eigenvalue weighted by Gasteiger charge is 2.59. The zero-order chi connectivity index (χ0) is 30.5. The van der Waals surface area contributed by atoms with E-state index in [1.54, 1.807) is 7.05 Å². The average molecular weight is 589 g/mol. The number of likely N-dealkylation sites (N-methyl/N-ethyl adjacent to an activating group) is 1. The van der Waals surface area contributed by atoms with E-state index < -0.39 is 84.7 Å². The Balaban J connectivity index is 1.58. The fourth-order valence-electron chi connectivity index (χ4n) is 6.07. The lowest BCUT2D eigenvalue weighted by Crippen LogP contribution is -2.76. The van der Waals surface area contributed by atoms with Gasteiger partial charge in [-0.3, -0.25) is 4.79 Å². The minimum Gasteiger partial charge on any atom is -0.466 e. The van der Waals surface area contributed by atoms with E-state index in [0.29, 0.717) is 12.2 Å². The van der Waals surface area contributed by atoms with Gasteiger partial charge in [0.05, 0.1) is 24.7 Å². The van der Waals surface area contributed by atoms with Crippen LogP contribution in [0.15, 0.2) is 11.8 Å². The van der Waals surface area contributed by atoms with Crippen LogP contribution >= 0.6 is 0 Å². The third kappa shape index (κ3) is 6.20. The highest BCUT2D eigenvalue weighted by atomic mass is 16.7. The molecule has 4 rings (SSSR count). The molecule has 2 aliphatic heterocycles. The molecular weight excluding hydrogens is 540 g/mol. The van der Waals surface area contributed by atoms with Crippen molar-refractivity contribution in [1.29, 1.82) is 0 Å². The molecule has 0 aromatic rings. The van der Waals surface area contributed by atoms with Gasteiger partial charge in [-0.2, -0.15) is 0 Å². The molecule has 15 heteroatoms. The van der Waals surface area contributed by atoms with E-state index in [9.17, 15) is 25.2 Å². The quantitative estimate of drug-likeness (QED) is 0.115. The summed E-state index contributed by atoms with van der Waals surface area (Å²) in [7, 11) is 1.54. The maximum atomic E-state index is 13.3. The van der Waals surface area contributed by atoms with Crippen molar-refractivity contribution in [3.8, 4) is 0 Å². The first-order chi connectivity index (χ1) is 19.1. The zero-order valence-corrected chi connectivity index (χ0v) is 23.9. The number of ether oxygens (including phenoxy) is 4. The molecule has 0 spiro atoms. The Bertz CT molecular complexity index is 983. The van der Waals surface area contributed by atoms with Gasteiger partial charge in [0.25, 0.3) is 0 Å². The first-order valence-corrected chi connectivity index (χ1v) is 14.1. The van der Waals surface area contributed by atoms with Crippen LogP contribution in [0.5, 0.6) is 0 Å². The molecule has 236 valence electrons. The molecule has 1 saturated heterocycles. The zero-order valence-electron chi connectivity index (χ0n) is 23.9. The maximum absolute atomic E-state index is 13.3. The molecule has 0 radical (unpaired) electrons. The predicted octanol–water partition coefficient (Wildman–Crippen LogP) is -4.42. The second-order valence-corrected chi connectivity index (χ2v) is 12.6. The Hall–Kier alpha value is -1.31. The van der Waals surface area contributed by atoms with Crippen LogP contribution in [0.1, 0.15) is 39.5 Å². The number of ketones is 1. The Morgan fingerprint density at radius 2 is 1.83 bits per heavy atom. The third-order valence-electron chi connectivity index (χ3n) is 9.14. The molecule has 2 heterocycles. The number of aliphatic hydroxyl groups excluding tert-OH is 3. The topological polar surface area (TPSA) is 277 Å². The van der Waals surface area contributed by atoms with E-state index in [-0.39, 0.29) is 24.5 Å². The maximum Gasteiger partial charge on any atom is 0.215 e. The van der Waals surface area contributed by atoms with Gasteiger partial charge in [-0.15, -0.1) is 0 Å². The van der Waals surface area contributed by atoms with Crippen LogP contribution in [-0.4, -0.2) is 125 Å². The number of nitrogens with two attached hydrogens (primary N) is 5. The largest absolute Gasteiger partial charge is 0.466 e. The third-order valence-corrected chi connectivity index (χ3v) is 9.14. The SMILES string of the molecule is CN[C@@H]1[C@@H](O)[C@@H](O[C@@H]2[C@@H](O)[C@H](O[C@H]3OC(C(N)C4(C)CC4)=CC[C@H]3N)[C@@H](N)C[C@]2(N)C(=O)[C@H](O)CN)OC[C@]1(C)O. The number of hydrogen-bond donors (Lipinski definition) is 10. The first-order valence-electron chi connectivity index (χ1n) is 14.1. The van der Waals surface area contributed by atoms with E-state index in [2.05, 4.69) is 12.2 Å². The van der Waals surface area contributed by atoms with Gasteiger partial charge < -0.3 is 73.4 Å². The molecule has 0 bridgehead atoms. The van der Waals surface area contributed by atoms with Crippen LogP contribution in [0.2, 0.25) is 0 Å². The monoisotopic (exact) mass is 588 g/mol. The summed E-state index contributed by atoms with van der Waals surface area (Å²) >= 11 is 0. The van der Waals surface area contributed by atoms with Crippen LogP contribution < -0.4 is 34.0 Å². The van der Waals surface area contributed by atoms with Gasteiger partial charge in [0.2, 0.25) is 6.29 Å². The van der Waals surface area contributed by atoms with Crippen LogP contribution in [-0.2, 0) is 23.7 Å². The molecule has 2 aliphatic carbocycles. The van der Waals surface area contributed by atoms with E-state index in [1.165, 1.54) is 6.92 Å². The van der Waals surface area contributed by atoms with Gasteiger partial charge in [-0.05, 0) is 51.1 Å². The van der Waals surface area contributed by atoms with Crippen LogP contribution in [0.3, 0.4) is 0 Å². The highest BCUT2D eigenvalue weighted by Crippen LogP contribution is 2.50. The summed E-state index contributed by atoms with van der Waals surface area (Å²) in [4.78, 5) is 13.3. The van der Waals surface area contributed by atoms with E-state index >= 15 is 0 Å². The molecule has 15 N–H and O–H groups in total. The van der Waals surface area contributed by atoms with Crippen molar-refractivity contribution in [2.24, 2.45) is 34.1 Å². The molecule has 13 atom stereocenters. The minimum atomic E-state index is -2.04. The van der Waals surface area contributed by atoms with Crippen molar-refractivity contribution in [2.75, 3.05) is 20.2 Å². The molecule has 0 aromatic carbocycles. The summed E-state index contributed by atoms with van der Waals surface area (Å²) in [6, 6.07) is -2.86. The standard InChI is InChI=1S/C26H48N6O9/c1-24(6-7-24)18(30)14-5-4-11(28)22(39-14)40-17-12(29)8-26(31,20(36)13(33)9-27)21(15(17)34)41-23-16(35)19(32-3)25(2,37)10-38-23/h5,11-13,15-19,21-23,32-35,37H,4,6-10,27-31H2,1-3H3/t11-,12+,13-,15+,16-,17-,18?,19-,21-,22-,23-,25+,26+/m1/s1. The average Bonchev–Trinajstić information content (AvgIpc) is 3.68. The van der Waals surface area contributed by atoms with Gasteiger partial charge in [0.1, 0.15) is 47.4 Å². The summed E-state index contributed by atoms with van der Waals surface area (Å²) in [6.07, 6.45) is -6.07. The van der Waals surface area contributed by atoms with Gasteiger partial charge in [-0.1, -0.05) is 6.92 Å². The van der Waals surface area contributed by atoms with Crippen molar-refractivity contribution >= 4 is 5.78 Å². The molecule has 41 heavy (non-hydrogen) atoms. The molecule has 3 fully saturated rings. The second-order valence-electron chi connectivity index (χ2n) is 12.6. The Morgan fingerprint density at radius 3 is 2.41 bits per heavy atom. The normalized spacial score (nSPS) is 45.8. The van der Waals surface area contributed by atoms with Crippen LogP contribution in [0.4, 0.5) is 0 Å². The summed E-state index contributed by atoms with van der Waals surface area (Å²) in [5.74, 6) is -0.360. The van der Waals surface area contributed by atoms with Crippen molar-refractivity contribution in [3.05, 3.63) is 11.8 Å². The lowest BCUT2D eigenvalue weighted by molar-refractivity contribution is -0.308. The number of carbonyl (C=O) groups excluding carboxylic acids is 1. The second kappa shape index (κ2) is 12.0. The van der Waals surface area contributed by atoms with Crippen molar-refractivity contribution in [1.82, 2.24) is 5.32 Å².